The minimum atomic E-state index is -0.997. The SMILES string of the molecule is CC1CCCC1.CS/C=C\N=CNC(=O)C1(c2cc(S(C)=O)cs2)CC1. The number of nitrogens with zero attached hydrogens (tertiary/aromatic N) is 1. The molecule has 1 aromatic rings. The first-order chi connectivity index (χ1) is 12.5. The van der Waals surface area contributed by atoms with Crippen LogP contribution in [0.4, 0.5) is 0 Å². The van der Waals surface area contributed by atoms with E-state index in [2.05, 4.69) is 17.2 Å². The van der Waals surface area contributed by atoms with E-state index in [1.54, 1.807) is 24.2 Å². The van der Waals surface area contributed by atoms with Crippen LogP contribution in [0.5, 0.6) is 0 Å². The molecule has 0 saturated heterocycles. The van der Waals surface area contributed by atoms with Crippen molar-refractivity contribution in [3.05, 3.63) is 27.9 Å². The molecular weight excluding hydrogens is 384 g/mol. The summed E-state index contributed by atoms with van der Waals surface area (Å²) in [5.74, 6) is 1.01. The maximum absolute atomic E-state index is 12.2. The lowest BCUT2D eigenvalue weighted by Crippen LogP contribution is -2.33. The molecule has 2 fully saturated rings. The van der Waals surface area contributed by atoms with Crippen LogP contribution < -0.4 is 5.32 Å². The van der Waals surface area contributed by atoms with Gasteiger partial charge in [0.1, 0.15) is 0 Å². The minimum absolute atomic E-state index is 0.0333. The molecule has 1 aromatic heterocycles. The summed E-state index contributed by atoms with van der Waals surface area (Å²) in [4.78, 5) is 18.0. The van der Waals surface area contributed by atoms with Crippen molar-refractivity contribution in [2.75, 3.05) is 12.5 Å². The van der Waals surface area contributed by atoms with Gasteiger partial charge in [0.25, 0.3) is 0 Å². The predicted molar refractivity (Wildman–Crippen MR) is 114 cm³/mol. The zero-order valence-electron chi connectivity index (χ0n) is 15.7. The first-order valence-corrected chi connectivity index (χ1v) is 12.6. The highest BCUT2D eigenvalue weighted by molar-refractivity contribution is 8.01. The highest BCUT2D eigenvalue weighted by atomic mass is 32.2. The van der Waals surface area contributed by atoms with Crippen LogP contribution in [0.25, 0.3) is 0 Å². The molecule has 2 saturated carbocycles. The van der Waals surface area contributed by atoms with E-state index in [0.717, 1.165) is 28.5 Å². The summed E-state index contributed by atoms with van der Waals surface area (Å²) < 4.78 is 11.4. The Morgan fingerprint density at radius 3 is 2.58 bits per heavy atom. The Balaban J connectivity index is 0.000000342. The standard InChI is InChI=1S/C13H16N2O2S3.C6H12/c1-18-6-5-14-9-15-12(16)13(3-4-13)11-7-10(8-19-11)20(2)17;1-6-4-2-3-5-6/h5-9H,3-4H2,1-2H3,(H,14,15,16);6H,2-5H2,1H3/b6-5-;. The van der Waals surface area contributed by atoms with Crippen LogP contribution >= 0.6 is 23.1 Å². The molecule has 0 aliphatic heterocycles. The fraction of sp³-hybridized carbons (Fsp3) is 0.579. The molecule has 4 nitrogen and oxygen atoms in total. The van der Waals surface area contributed by atoms with E-state index >= 15 is 0 Å². The lowest BCUT2D eigenvalue weighted by molar-refractivity contribution is -0.121. The molecule has 0 radical (unpaired) electrons. The molecule has 2 aliphatic carbocycles. The number of thiophene rings is 1. The van der Waals surface area contributed by atoms with Gasteiger partial charge in [0.15, 0.2) is 0 Å². The molecule has 1 atom stereocenters. The second kappa shape index (κ2) is 10.4. The molecule has 7 heteroatoms. The lowest BCUT2D eigenvalue weighted by atomic mass is 10.0. The second-order valence-corrected chi connectivity index (χ2v) is 9.88. The van der Waals surface area contributed by atoms with E-state index in [0.29, 0.717) is 0 Å². The normalized spacial score (nSPS) is 20.1. The van der Waals surface area contributed by atoms with Gasteiger partial charge in [0.2, 0.25) is 5.91 Å². The lowest BCUT2D eigenvalue weighted by Gasteiger charge is -2.10. The fourth-order valence-corrected chi connectivity index (χ4v) is 5.20. The minimum Gasteiger partial charge on any atom is -0.316 e. The summed E-state index contributed by atoms with van der Waals surface area (Å²) in [6.45, 7) is 2.34. The molecule has 1 heterocycles. The summed E-state index contributed by atoms with van der Waals surface area (Å²) in [6, 6.07) is 1.89. The van der Waals surface area contributed by atoms with Gasteiger partial charge in [-0.3, -0.25) is 9.00 Å². The maximum atomic E-state index is 12.2. The topological polar surface area (TPSA) is 58.5 Å². The van der Waals surface area contributed by atoms with E-state index in [9.17, 15) is 9.00 Å². The molecule has 0 spiro atoms. The predicted octanol–water partition coefficient (Wildman–Crippen LogP) is 4.69. The van der Waals surface area contributed by atoms with Crippen molar-refractivity contribution in [1.29, 1.82) is 0 Å². The van der Waals surface area contributed by atoms with Gasteiger partial charge in [-0.2, -0.15) is 0 Å². The number of nitrogens with one attached hydrogen (secondary N) is 1. The third-order valence-electron chi connectivity index (χ3n) is 4.76. The van der Waals surface area contributed by atoms with Gasteiger partial charge in [0, 0.05) is 27.6 Å². The molecular formula is C19H28N2O2S3. The Morgan fingerprint density at radius 2 is 2.12 bits per heavy atom. The van der Waals surface area contributed by atoms with Crippen LogP contribution in [0, 0.1) is 5.92 Å². The van der Waals surface area contributed by atoms with Crippen molar-refractivity contribution < 1.29 is 9.00 Å². The highest BCUT2D eigenvalue weighted by Gasteiger charge is 2.52. The first kappa shape index (κ1) is 21.4. The van der Waals surface area contributed by atoms with Gasteiger partial charge in [-0.1, -0.05) is 32.6 Å². The third kappa shape index (κ3) is 6.06. The molecule has 26 heavy (non-hydrogen) atoms. The maximum Gasteiger partial charge on any atom is 0.236 e. The molecule has 144 valence electrons. The molecule has 1 N–H and O–H groups in total. The Kier molecular flexibility index (Phi) is 8.57. The number of thioether (sulfide) groups is 1. The fourth-order valence-electron chi connectivity index (χ4n) is 2.93. The number of hydrogen-bond donors (Lipinski definition) is 1. The number of aliphatic imine (C=N–C) groups is 1. The number of amides is 1. The van der Waals surface area contributed by atoms with Gasteiger partial charge in [0.05, 0.1) is 22.6 Å². The van der Waals surface area contributed by atoms with E-state index in [4.69, 9.17) is 0 Å². The van der Waals surface area contributed by atoms with Gasteiger partial charge in [-0.25, -0.2) is 4.99 Å². The monoisotopic (exact) mass is 412 g/mol. The van der Waals surface area contributed by atoms with Gasteiger partial charge < -0.3 is 5.32 Å². The highest BCUT2D eigenvalue weighted by Crippen LogP contribution is 2.50. The summed E-state index contributed by atoms with van der Waals surface area (Å²) >= 11 is 3.05. The van der Waals surface area contributed by atoms with Crippen LogP contribution in [0.3, 0.4) is 0 Å². The summed E-state index contributed by atoms with van der Waals surface area (Å²) in [6.07, 6.45) is 14.3. The Morgan fingerprint density at radius 1 is 1.42 bits per heavy atom. The van der Waals surface area contributed by atoms with Crippen molar-refractivity contribution in [3.63, 3.8) is 0 Å². The average molecular weight is 413 g/mol. The van der Waals surface area contributed by atoms with Crippen molar-refractivity contribution >= 4 is 46.1 Å². The molecule has 2 aliphatic rings. The van der Waals surface area contributed by atoms with Gasteiger partial charge in [-0.05, 0) is 36.5 Å². The number of carbonyl (C=O) groups excluding carboxylic acids is 1. The number of carbonyl (C=O) groups is 1. The Labute approximate surface area is 167 Å². The quantitative estimate of drug-likeness (QED) is 0.544. The first-order valence-electron chi connectivity index (χ1n) is 8.92. The summed E-state index contributed by atoms with van der Waals surface area (Å²) in [5.41, 5.74) is -0.433. The number of hydrogen-bond acceptors (Lipinski definition) is 5. The molecule has 3 rings (SSSR count). The summed E-state index contributed by atoms with van der Waals surface area (Å²) in [7, 11) is -0.997. The molecule has 1 amide bonds. The zero-order chi connectivity index (χ0) is 19.0. The average Bonchev–Trinajstić information content (AvgIpc) is 3.04. The van der Waals surface area contributed by atoms with Gasteiger partial charge in [-0.15, -0.1) is 23.1 Å². The van der Waals surface area contributed by atoms with Crippen molar-refractivity contribution in [2.24, 2.45) is 10.9 Å². The van der Waals surface area contributed by atoms with E-state index < -0.39 is 16.2 Å². The van der Waals surface area contributed by atoms with Crippen LogP contribution in [-0.4, -0.2) is 29.0 Å². The van der Waals surface area contributed by atoms with E-state index in [1.807, 2.05) is 23.1 Å². The zero-order valence-corrected chi connectivity index (χ0v) is 18.1. The van der Waals surface area contributed by atoms with Crippen molar-refractivity contribution in [3.8, 4) is 0 Å². The second-order valence-electron chi connectivity index (χ2n) is 6.85. The molecule has 1 unspecified atom stereocenters. The van der Waals surface area contributed by atoms with Crippen molar-refractivity contribution in [1.82, 2.24) is 5.32 Å². The Hall–Kier alpha value is -0.920. The third-order valence-corrected chi connectivity index (χ3v) is 7.34. The van der Waals surface area contributed by atoms with Crippen LogP contribution in [-0.2, 0) is 21.0 Å². The van der Waals surface area contributed by atoms with Crippen molar-refractivity contribution in [2.45, 2.75) is 55.8 Å². The van der Waals surface area contributed by atoms with E-state index in [1.165, 1.54) is 43.4 Å². The van der Waals surface area contributed by atoms with E-state index in [-0.39, 0.29) is 5.91 Å². The van der Waals surface area contributed by atoms with Crippen LogP contribution in [0.15, 0.2) is 32.9 Å². The summed E-state index contributed by atoms with van der Waals surface area (Å²) in [5, 5.41) is 6.42. The largest absolute Gasteiger partial charge is 0.316 e. The van der Waals surface area contributed by atoms with Crippen LogP contribution in [0.1, 0.15) is 50.3 Å². The van der Waals surface area contributed by atoms with Gasteiger partial charge >= 0.3 is 0 Å². The Bertz CT molecular complexity index is 672. The molecule has 0 bridgehead atoms. The smallest absolute Gasteiger partial charge is 0.236 e. The number of rotatable bonds is 6. The van der Waals surface area contributed by atoms with Crippen LogP contribution in [0.2, 0.25) is 0 Å². The molecule has 0 aromatic carbocycles.